The van der Waals surface area contributed by atoms with Crippen molar-refractivity contribution in [3.8, 4) is 0 Å². The fraction of sp³-hybridized carbons (Fsp3) is 0.647. The van der Waals surface area contributed by atoms with Crippen LogP contribution in [0.3, 0.4) is 0 Å². The highest BCUT2D eigenvalue weighted by Crippen LogP contribution is 2.44. The molecule has 0 bridgehead atoms. The van der Waals surface area contributed by atoms with Crippen LogP contribution in [0.5, 0.6) is 0 Å². The average molecular weight is 421 g/mol. The highest BCUT2D eigenvalue weighted by molar-refractivity contribution is 7.89. The molecule has 27 heavy (non-hydrogen) atoms. The smallest absolute Gasteiger partial charge is 0.243 e. The normalized spacial score (nSPS) is 27.6. The van der Waals surface area contributed by atoms with E-state index >= 15 is 0 Å². The van der Waals surface area contributed by atoms with Gasteiger partial charge in [-0.1, -0.05) is 0 Å². The molecule has 0 amide bonds. The molecule has 152 valence electrons. The number of aryl methyl sites for hydroxylation is 1. The van der Waals surface area contributed by atoms with Crippen LogP contribution in [-0.4, -0.2) is 71.6 Å². The van der Waals surface area contributed by atoms with E-state index in [1.54, 1.807) is 7.11 Å². The summed E-state index contributed by atoms with van der Waals surface area (Å²) in [6, 6.07) is 3.76. The maximum Gasteiger partial charge on any atom is 0.243 e. The lowest BCUT2D eigenvalue weighted by atomic mass is 9.74. The monoisotopic (exact) mass is 420 g/mol. The second kappa shape index (κ2) is 7.07. The number of hydrogen-bond donors (Lipinski definition) is 0. The number of sulfonamides is 2. The van der Waals surface area contributed by atoms with Crippen molar-refractivity contribution in [2.24, 2.45) is 11.3 Å². The number of methoxy groups -OCH3 is 1. The van der Waals surface area contributed by atoms with Crippen molar-refractivity contribution in [3.05, 3.63) is 29.6 Å². The first-order valence-corrected chi connectivity index (χ1v) is 12.0. The number of ether oxygens (including phenoxy) is 1. The third kappa shape index (κ3) is 3.77. The zero-order chi connectivity index (χ0) is 20.0. The molecule has 0 saturated carbocycles. The first-order valence-electron chi connectivity index (χ1n) is 8.70. The molecule has 7 nitrogen and oxygen atoms in total. The maximum absolute atomic E-state index is 13.5. The van der Waals surface area contributed by atoms with Crippen LogP contribution in [0.15, 0.2) is 23.1 Å². The van der Waals surface area contributed by atoms with Gasteiger partial charge in [-0.2, -0.15) is 4.31 Å². The summed E-state index contributed by atoms with van der Waals surface area (Å²) < 4.78 is 71.7. The number of benzene rings is 1. The van der Waals surface area contributed by atoms with Crippen molar-refractivity contribution in [1.82, 2.24) is 8.61 Å². The van der Waals surface area contributed by atoms with Gasteiger partial charge in [0.05, 0.1) is 17.8 Å². The number of halogens is 1. The molecule has 2 atom stereocenters. The number of fused-ring (bicyclic) bond motifs is 1. The van der Waals surface area contributed by atoms with Crippen LogP contribution in [0.2, 0.25) is 0 Å². The Morgan fingerprint density at radius 3 is 2.48 bits per heavy atom. The molecule has 2 heterocycles. The molecule has 10 heteroatoms. The van der Waals surface area contributed by atoms with Crippen LogP contribution in [-0.2, 0) is 24.8 Å². The summed E-state index contributed by atoms with van der Waals surface area (Å²) in [5, 5.41) is 0. The van der Waals surface area contributed by atoms with Crippen LogP contribution in [0.4, 0.5) is 4.39 Å². The lowest BCUT2D eigenvalue weighted by molar-refractivity contribution is 0.0209. The maximum atomic E-state index is 13.5. The highest BCUT2D eigenvalue weighted by atomic mass is 32.2. The molecule has 2 saturated heterocycles. The number of piperidine rings is 1. The fourth-order valence-electron chi connectivity index (χ4n) is 4.12. The summed E-state index contributed by atoms with van der Waals surface area (Å²) in [6.45, 7) is 3.01. The predicted octanol–water partition coefficient (Wildman–Crippen LogP) is 1.05. The number of hydrogen-bond acceptors (Lipinski definition) is 5. The molecule has 2 fully saturated rings. The molecular formula is C17H25FN2O5S2. The SMILES string of the molecule is COC[C@@]12CCN(S(=O)(=O)c3ccc(F)c(C)c3)C[C@@H]1CN(S(C)(=O)=O)C2. The van der Waals surface area contributed by atoms with E-state index in [9.17, 15) is 21.2 Å². The predicted molar refractivity (Wildman–Crippen MR) is 98.7 cm³/mol. The van der Waals surface area contributed by atoms with Gasteiger partial charge in [0.15, 0.2) is 0 Å². The summed E-state index contributed by atoms with van der Waals surface area (Å²) in [7, 11) is -5.57. The van der Waals surface area contributed by atoms with Gasteiger partial charge < -0.3 is 4.74 Å². The number of rotatable bonds is 5. The van der Waals surface area contributed by atoms with Crippen molar-refractivity contribution < 1.29 is 26.0 Å². The Hall–Kier alpha value is -1.07. The molecule has 0 radical (unpaired) electrons. The van der Waals surface area contributed by atoms with Crippen molar-refractivity contribution >= 4 is 20.0 Å². The molecule has 3 rings (SSSR count). The van der Waals surface area contributed by atoms with Gasteiger partial charge in [-0.3, -0.25) is 0 Å². The molecule has 2 aliphatic heterocycles. The molecule has 0 spiro atoms. The summed E-state index contributed by atoms with van der Waals surface area (Å²) >= 11 is 0. The highest BCUT2D eigenvalue weighted by Gasteiger charge is 2.53. The molecule has 0 aromatic heterocycles. The Balaban J connectivity index is 1.88. The average Bonchev–Trinajstić information content (AvgIpc) is 2.96. The molecular weight excluding hydrogens is 395 g/mol. The Morgan fingerprint density at radius 1 is 1.22 bits per heavy atom. The van der Waals surface area contributed by atoms with E-state index in [4.69, 9.17) is 4.74 Å². The van der Waals surface area contributed by atoms with Crippen LogP contribution in [0.25, 0.3) is 0 Å². The van der Waals surface area contributed by atoms with E-state index in [1.165, 1.54) is 33.9 Å². The van der Waals surface area contributed by atoms with Crippen molar-refractivity contribution in [1.29, 1.82) is 0 Å². The summed E-state index contributed by atoms with van der Waals surface area (Å²) in [5.74, 6) is -0.608. The fourth-order valence-corrected chi connectivity index (χ4v) is 6.64. The minimum absolute atomic E-state index is 0.0543. The van der Waals surface area contributed by atoms with E-state index in [1.807, 2.05) is 0 Å². The van der Waals surface area contributed by atoms with Gasteiger partial charge in [-0.25, -0.2) is 25.5 Å². The van der Waals surface area contributed by atoms with Crippen LogP contribution < -0.4 is 0 Å². The topological polar surface area (TPSA) is 84.0 Å². The third-order valence-corrected chi connectivity index (χ3v) is 8.81. The Morgan fingerprint density at radius 2 is 1.89 bits per heavy atom. The first kappa shape index (κ1) is 20.7. The largest absolute Gasteiger partial charge is 0.384 e. The summed E-state index contributed by atoms with van der Waals surface area (Å²) in [6.07, 6.45) is 1.68. The summed E-state index contributed by atoms with van der Waals surface area (Å²) in [5.41, 5.74) is -0.117. The minimum atomic E-state index is -3.78. The van der Waals surface area contributed by atoms with E-state index < -0.39 is 25.9 Å². The molecule has 0 N–H and O–H groups in total. The van der Waals surface area contributed by atoms with Gasteiger partial charge in [0.1, 0.15) is 5.82 Å². The van der Waals surface area contributed by atoms with Crippen LogP contribution in [0.1, 0.15) is 12.0 Å². The van der Waals surface area contributed by atoms with Crippen molar-refractivity contribution in [2.45, 2.75) is 18.2 Å². The molecule has 2 aliphatic rings. The first-order chi connectivity index (χ1) is 12.5. The Labute approximate surface area is 160 Å². The minimum Gasteiger partial charge on any atom is -0.384 e. The van der Waals surface area contributed by atoms with Crippen LogP contribution >= 0.6 is 0 Å². The van der Waals surface area contributed by atoms with Crippen molar-refractivity contribution in [3.63, 3.8) is 0 Å². The van der Waals surface area contributed by atoms with E-state index in [-0.39, 0.29) is 41.4 Å². The zero-order valence-electron chi connectivity index (χ0n) is 15.7. The van der Waals surface area contributed by atoms with Gasteiger partial charge >= 0.3 is 0 Å². The molecule has 0 aliphatic carbocycles. The van der Waals surface area contributed by atoms with E-state index in [0.29, 0.717) is 19.6 Å². The lowest BCUT2D eigenvalue weighted by Crippen LogP contribution is -2.50. The summed E-state index contributed by atoms with van der Waals surface area (Å²) in [4.78, 5) is 0.0543. The standard InChI is InChI=1S/C17H25FN2O5S2/c1-13-8-15(4-5-16(13)18)27(23,24)19-7-6-17(12-25-2)11-20(26(3,21)22)10-14(17)9-19/h4-5,8,14H,6-7,9-12H2,1-3H3/t14-,17+/m1/s1. The molecule has 0 unspecified atom stereocenters. The van der Waals surface area contributed by atoms with Gasteiger partial charge in [-0.15, -0.1) is 0 Å². The Kier molecular flexibility index (Phi) is 5.41. The quantitative estimate of drug-likeness (QED) is 0.711. The molecule has 1 aromatic rings. The van der Waals surface area contributed by atoms with Crippen LogP contribution in [0, 0.1) is 24.1 Å². The number of nitrogens with zero attached hydrogens (tertiary/aromatic N) is 2. The second-order valence-corrected chi connectivity index (χ2v) is 11.5. The third-order valence-electron chi connectivity index (χ3n) is 5.73. The van der Waals surface area contributed by atoms with E-state index in [2.05, 4.69) is 0 Å². The van der Waals surface area contributed by atoms with Gasteiger partial charge in [-0.05, 0) is 43.0 Å². The lowest BCUT2D eigenvalue weighted by Gasteiger charge is -2.42. The van der Waals surface area contributed by atoms with Gasteiger partial charge in [0.25, 0.3) is 0 Å². The Bertz CT molecular complexity index is 935. The zero-order valence-corrected chi connectivity index (χ0v) is 17.3. The molecule has 1 aromatic carbocycles. The van der Waals surface area contributed by atoms with Gasteiger partial charge in [0, 0.05) is 38.7 Å². The van der Waals surface area contributed by atoms with Crippen molar-refractivity contribution in [2.75, 3.05) is 46.2 Å². The van der Waals surface area contributed by atoms with E-state index in [0.717, 1.165) is 6.07 Å². The second-order valence-electron chi connectivity index (χ2n) is 7.57. The van der Waals surface area contributed by atoms with Gasteiger partial charge in [0.2, 0.25) is 20.0 Å².